The highest BCUT2D eigenvalue weighted by atomic mass is 16.2. The van der Waals surface area contributed by atoms with Gasteiger partial charge in [0.25, 0.3) is 0 Å². The maximum Gasteiger partial charge on any atom is 0.225 e. The first-order chi connectivity index (χ1) is 10.9. The lowest BCUT2D eigenvalue weighted by Gasteiger charge is -2.32. The van der Waals surface area contributed by atoms with E-state index in [0.29, 0.717) is 23.8 Å². The van der Waals surface area contributed by atoms with Crippen LogP contribution in [0.15, 0.2) is 6.20 Å². The van der Waals surface area contributed by atoms with Gasteiger partial charge in [0, 0.05) is 30.6 Å². The molecule has 0 aromatic carbocycles. The summed E-state index contributed by atoms with van der Waals surface area (Å²) in [5, 5.41) is 8.64. The minimum absolute atomic E-state index is 0.0369. The van der Waals surface area contributed by atoms with Crippen LogP contribution in [0, 0.1) is 11.8 Å². The molecule has 1 amide bonds. The molecular formula is C18H30N4O. The highest BCUT2D eigenvalue weighted by molar-refractivity contribution is 5.81. The highest BCUT2D eigenvalue weighted by Gasteiger charge is 2.44. The lowest BCUT2D eigenvalue weighted by molar-refractivity contribution is -0.134. The quantitative estimate of drug-likeness (QED) is 0.857. The number of rotatable bonds is 4. The number of nitrogens with zero attached hydrogens (tertiary/aromatic N) is 4. The zero-order valence-corrected chi connectivity index (χ0v) is 15.0. The highest BCUT2D eigenvalue weighted by Crippen LogP contribution is 2.43. The van der Waals surface area contributed by atoms with Crippen molar-refractivity contribution in [1.82, 2.24) is 19.9 Å². The van der Waals surface area contributed by atoms with Crippen molar-refractivity contribution in [2.24, 2.45) is 11.8 Å². The van der Waals surface area contributed by atoms with E-state index in [1.165, 1.54) is 12.8 Å². The standard InChI is InChI=1S/C18H30N4O/c1-5-6-13-11-15(13)17(23)21-9-7-14(8-10-21)22-12-16(19-20-22)18(2,3)4/h12-15H,5-11H2,1-4H3. The first-order valence-corrected chi connectivity index (χ1v) is 9.11. The molecule has 0 bridgehead atoms. The second-order valence-corrected chi connectivity index (χ2v) is 8.28. The number of aromatic nitrogens is 3. The van der Waals surface area contributed by atoms with Crippen LogP contribution >= 0.6 is 0 Å². The number of hydrogen-bond donors (Lipinski definition) is 0. The van der Waals surface area contributed by atoms with Gasteiger partial charge in [-0.05, 0) is 31.6 Å². The van der Waals surface area contributed by atoms with E-state index in [1.54, 1.807) is 0 Å². The van der Waals surface area contributed by atoms with Gasteiger partial charge in [0.2, 0.25) is 5.91 Å². The monoisotopic (exact) mass is 318 g/mol. The Balaban J connectivity index is 1.53. The predicted molar refractivity (Wildman–Crippen MR) is 90.1 cm³/mol. The van der Waals surface area contributed by atoms with E-state index in [-0.39, 0.29) is 5.41 Å². The fourth-order valence-corrected chi connectivity index (χ4v) is 3.62. The van der Waals surface area contributed by atoms with Crippen LogP contribution < -0.4 is 0 Å². The summed E-state index contributed by atoms with van der Waals surface area (Å²) in [4.78, 5) is 14.6. The number of likely N-dealkylation sites (tertiary alicyclic amines) is 1. The Bertz CT molecular complexity index is 552. The Kier molecular flexibility index (Phi) is 4.47. The molecule has 2 unspecified atom stereocenters. The van der Waals surface area contributed by atoms with Crippen LogP contribution in [0.2, 0.25) is 0 Å². The maximum absolute atomic E-state index is 12.5. The Morgan fingerprint density at radius 3 is 2.57 bits per heavy atom. The van der Waals surface area contributed by atoms with E-state index in [0.717, 1.165) is 38.0 Å². The number of amides is 1. The molecule has 1 aromatic heterocycles. The maximum atomic E-state index is 12.5. The first kappa shape index (κ1) is 16.5. The van der Waals surface area contributed by atoms with Gasteiger partial charge in [-0.2, -0.15) is 0 Å². The van der Waals surface area contributed by atoms with E-state index < -0.39 is 0 Å². The Hall–Kier alpha value is -1.39. The molecule has 2 fully saturated rings. The summed E-state index contributed by atoms with van der Waals surface area (Å²) >= 11 is 0. The van der Waals surface area contributed by atoms with Crippen LogP contribution in [-0.4, -0.2) is 38.9 Å². The van der Waals surface area contributed by atoms with Crippen LogP contribution in [0.1, 0.15) is 71.5 Å². The third-order valence-corrected chi connectivity index (χ3v) is 5.33. The van der Waals surface area contributed by atoms with Crippen molar-refractivity contribution in [2.75, 3.05) is 13.1 Å². The Morgan fingerprint density at radius 1 is 1.30 bits per heavy atom. The SMILES string of the molecule is CCCC1CC1C(=O)N1CCC(n2cc(C(C)(C)C)nn2)CC1. The molecule has 0 spiro atoms. The van der Waals surface area contributed by atoms with Crippen molar-refractivity contribution in [3.63, 3.8) is 0 Å². The molecule has 128 valence electrons. The molecule has 1 aliphatic carbocycles. The summed E-state index contributed by atoms with van der Waals surface area (Å²) in [5.74, 6) is 1.39. The van der Waals surface area contributed by atoms with Crippen molar-refractivity contribution in [1.29, 1.82) is 0 Å². The molecule has 2 heterocycles. The van der Waals surface area contributed by atoms with Crippen molar-refractivity contribution in [3.8, 4) is 0 Å². The van der Waals surface area contributed by atoms with Crippen LogP contribution in [0.3, 0.4) is 0 Å². The van der Waals surface area contributed by atoms with Crippen LogP contribution in [0.5, 0.6) is 0 Å². The Labute approximate surface area is 139 Å². The minimum Gasteiger partial charge on any atom is -0.342 e. The van der Waals surface area contributed by atoms with Gasteiger partial charge >= 0.3 is 0 Å². The summed E-state index contributed by atoms with van der Waals surface area (Å²) in [7, 11) is 0. The topological polar surface area (TPSA) is 51.0 Å². The van der Waals surface area contributed by atoms with E-state index in [2.05, 4.69) is 49.1 Å². The van der Waals surface area contributed by atoms with Crippen molar-refractivity contribution < 1.29 is 4.79 Å². The predicted octanol–water partition coefficient (Wildman–Crippen LogP) is 3.18. The molecule has 5 heteroatoms. The van der Waals surface area contributed by atoms with Gasteiger partial charge in [-0.1, -0.05) is 39.3 Å². The van der Waals surface area contributed by atoms with E-state index in [9.17, 15) is 4.79 Å². The van der Waals surface area contributed by atoms with Gasteiger partial charge in [0.1, 0.15) is 0 Å². The molecule has 3 rings (SSSR count). The van der Waals surface area contributed by atoms with Crippen molar-refractivity contribution in [3.05, 3.63) is 11.9 Å². The molecule has 1 saturated carbocycles. The van der Waals surface area contributed by atoms with Crippen LogP contribution in [0.4, 0.5) is 0 Å². The number of hydrogen-bond acceptors (Lipinski definition) is 3. The second-order valence-electron chi connectivity index (χ2n) is 8.28. The van der Waals surface area contributed by atoms with Gasteiger partial charge in [-0.25, -0.2) is 4.68 Å². The van der Waals surface area contributed by atoms with E-state index >= 15 is 0 Å². The summed E-state index contributed by atoms with van der Waals surface area (Å²) in [6.45, 7) is 10.4. The lowest BCUT2D eigenvalue weighted by atomic mass is 9.93. The average molecular weight is 318 g/mol. The van der Waals surface area contributed by atoms with Gasteiger partial charge in [-0.15, -0.1) is 5.10 Å². The third-order valence-electron chi connectivity index (χ3n) is 5.33. The molecule has 2 atom stereocenters. The molecule has 1 aromatic rings. The van der Waals surface area contributed by atoms with Crippen molar-refractivity contribution >= 4 is 5.91 Å². The summed E-state index contributed by atoms with van der Waals surface area (Å²) in [6.07, 6.45) is 7.58. The molecule has 1 saturated heterocycles. The molecule has 5 nitrogen and oxygen atoms in total. The fraction of sp³-hybridized carbons (Fsp3) is 0.833. The van der Waals surface area contributed by atoms with Crippen LogP contribution in [-0.2, 0) is 10.2 Å². The molecular weight excluding hydrogens is 288 g/mol. The smallest absolute Gasteiger partial charge is 0.225 e. The fourth-order valence-electron chi connectivity index (χ4n) is 3.62. The Morgan fingerprint density at radius 2 is 2.00 bits per heavy atom. The molecule has 2 aliphatic rings. The first-order valence-electron chi connectivity index (χ1n) is 9.11. The van der Waals surface area contributed by atoms with E-state index in [4.69, 9.17) is 0 Å². The summed E-state index contributed by atoms with van der Waals surface area (Å²) in [6, 6.07) is 0.383. The largest absolute Gasteiger partial charge is 0.342 e. The normalized spacial score (nSPS) is 25.7. The molecule has 0 radical (unpaired) electrons. The van der Waals surface area contributed by atoms with Gasteiger partial charge in [0.15, 0.2) is 0 Å². The second kappa shape index (κ2) is 6.25. The molecule has 23 heavy (non-hydrogen) atoms. The summed E-state index contributed by atoms with van der Waals surface area (Å²) < 4.78 is 2.01. The minimum atomic E-state index is 0.0369. The number of piperidine rings is 1. The third kappa shape index (κ3) is 3.59. The average Bonchev–Trinajstić information content (AvgIpc) is 3.09. The summed E-state index contributed by atoms with van der Waals surface area (Å²) in [5.41, 5.74) is 1.08. The van der Waals surface area contributed by atoms with Gasteiger partial charge in [0.05, 0.1) is 11.7 Å². The number of carbonyl (C=O) groups is 1. The van der Waals surface area contributed by atoms with Crippen LogP contribution in [0.25, 0.3) is 0 Å². The number of carbonyl (C=O) groups excluding carboxylic acids is 1. The lowest BCUT2D eigenvalue weighted by Crippen LogP contribution is -2.40. The van der Waals surface area contributed by atoms with Gasteiger partial charge in [-0.3, -0.25) is 4.79 Å². The molecule has 0 N–H and O–H groups in total. The van der Waals surface area contributed by atoms with E-state index in [1.807, 2.05) is 4.68 Å². The van der Waals surface area contributed by atoms with Gasteiger partial charge < -0.3 is 4.90 Å². The molecule has 1 aliphatic heterocycles. The van der Waals surface area contributed by atoms with Crippen molar-refractivity contribution in [2.45, 2.75) is 71.3 Å². The zero-order valence-electron chi connectivity index (χ0n) is 15.0. The zero-order chi connectivity index (χ0) is 16.6.